The van der Waals surface area contributed by atoms with Crippen LogP contribution in [0, 0.1) is 0 Å². The fourth-order valence-corrected chi connectivity index (χ4v) is 2.03. The second-order valence-corrected chi connectivity index (χ2v) is 3.47. The first-order valence-corrected chi connectivity index (χ1v) is 4.88. The third-order valence-electron chi connectivity index (χ3n) is 2.67. The SMILES string of the molecule is CCN1CCCc2cccc(O)c21. The molecule has 1 aromatic carbocycles. The van der Waals surface area contributed by atoms with Crippen molar-refractivity contribution < 1.29 is 5.11 Å². The summed E-state index contributed by atoms with van der Waals surface area (Å²) in [7, 11) is 0. The number of phenolic OH excluding ortho intramolecular Hbond substituents is 1. The van der Waals surface area contributed by atoms with Crippen LogP contribution in [0.1, 0.15) is 18.9 Å². The highest BCUT2D eigenvalue weighted by Crippen LogP contribution is 2.34. The summed E-state index contributed by atoms with van der Waals surface area (Å²) in [5, 5.41) is 9.72. The number of aryl methyl sites for hydroxylation is 1. The first-order valence-electron chi connectivity index (χ1n) is 4.88. The monoisotopic (exact) mass is 177 g/mol. The lowest BCUT2D eigenvalue weighted by Crippen LogP contribution is -2.28. The third-order valence-corrected chi connectivity index (χ3v) is 2.67. The van der Waals surface area contributed by atoms with E-state index in [-0.39, 0.29) is 0 Å². The lowest BCUT2D eigenvalue weighted by atomic mass is 10.0. The van der Waals surface area contributed by atoms with Crippen molar-refractivity contribution in [3.05, 3.63) is 23.8 Å². The molecule has 2 nitrogen and oxygen atoms in total. The predicted molar refractivity (Wildman–Crippen MR) is 54.3 cm³/mol. The molecule has 2 rings (SSSR count). The molecule has 0 aliphatic carbocycles. The molecule has 0 amide bonds. The van der Waals surface area contributed by atoms with Crippen molar-refractivity contribution in [2.75, 3.05) is 18.0 Å². The summed E-state index contributed by atoms with van der Waals surface area (Å²) in [6.07, 6.45) is 2.30. The van der Waals surface area contributed by atoms with E-state index in [1.54, 1.807) is 6.07 Å². The Morgan fingerprint density at radius 1 is 1.46 bits per heavy atom. The molecule has 2 heteroatoms. The molecule has 0 radical (unpaired) electrons. The summed E-state index contributed by atoms with van der Waals surface area (Å²) in [5.74, 6) is 0.430. The van der Waals surface area contributed by atoms with Gasteiger partial charge in [-0.1, -0.05) is 12.1 Å². The van der Waals surface area contributed by atoms with Gasteiger partial charge in [0.25, 0.3) is 0 Å². The number of benzene rings is 1. The van der Waals surface area contributed by atoms with Crippen LogP contribution in [0.3, 0.4) is 0 Å². The molecule has 0 saturated heterocycles. The molecule has 1 aliphatic rings. The average Bonchev–Trinajstić information content (AvgIpc) is 2.17. The highest BCUT2D eigenvalue weighted by atomic mass is 16.3. The molecule has 13 heavy (non-hydrogen) atoms. The minimum absolute atomic E-state index is 0.430. The molecule has 0 spiro atoms. The topological polar surface area (TPSA) is 23.5 Å². The second kappa shape index (κ2) is 3.29. The first kappa shape index (κ1) is 8.42. The Bertz CT molecular complexity index is 309. The Kier molecular flexibility index (Phi) is 2.13. The predicted octanol–water partition coefficient (Wildman–Crippen LogP) is 2.16. The van der Waals surface area contributed by atoms with Crippen LogP contribution in [0.15, 0.2) is 18.2 Å². The molecular formula is C11H15NO. The van der Waals surface area contributed by atoms with Gasteiger partial charge in [0, 0.05) is 13.1 Å². The number of hydrogen-bond donors (Lipinski definition) is 1. The van der Waals surface area contributed by atoms with Gasteiger partial charge in [-0.3, -0.25) is 0 Å². The van der Waals surface area contributed by atoms with Crippen LogP contribution in [-0.4, -0.2) is 18.2 Å². The van der Waals surface area contributed by atoms with Crippen LogP contribution < -0.4 is 4.90 Å². The molecule has 0 saturated carbocycles. The van der Waals surface area contributed by atoms with E-state index in [1.165, 1.54) is 12.0 Å². The zero-order valence-corrected chi connectivity index (χ0v) is 7.95. The largest absolute Gasteiger partial charge is 0.506 e. The van der Waals surface area contributed by atoms with Crippen molar-refractivity contribution in [1.82, 2.24) is 0 Å². The second-order valence-electron chi connectivity index (χ2n) is 3.47. The molecule has 0 bridgehead atoms. The summed E-state index contributed by atoms with van der Waals surface area (Å²) in [4.78, 5) is 2.24. The van der Waals surface area contributed by atoms with Gasteiger partial charge in [0.2, 0.25) is 0 Å². The lowest BCUT2D eigenvalue weighted by Gasteiger charge is -2.30. The number of fused-ring (bicyclic) bond motifs is 1. The van der Waals surface area contributed by atoms with Gasteiger partial charge in [-0.25, -0.2) is 0 Å². The van der Waals surface area contributed by atoms with Gasteiger partial charge in [-0.05, 0) is 31.4 Å². The normalized spacial score (nSPS) is 15.6. The van der Waals surface area contributed by atoms with E-state index in [0.29, 0.717) is 5.75 Å². The molecular weight excluding hydrogens is 162 g/mol. The van der Waals surface area contributed by atoms with E-state index in [0.717, 1.165) is 25.2 Å². The maximum absolute atomic E-state index is 9.72. The summed E-state index contributed by atoms with van der Waals surface area (Å²) in [5.41, 5.74) is 2.34. The molecule has 1 aromatic rings. The summed E-state index contributed by atoms with van der Waals surface area (Å²) in [6, 6.07) is 5.80. The number of rotatable bonds is 1. The standard InChI is InChI=1S/C11H15NO/c1-2-12-8-4-6-9-5-3-7-10(13)11(9)12/h3,5,7,13H,2,4,6,8H2,1H3. The Morgan fingerprint density at radius 3 is 3.08 bits per heavy atom. The van der Waals surface area contributed by atoms with Crippen molar-refractivity contribution >= 4 is 5.69 Å². The van der Waals surface area contributed by atoms with Crippen LogP contribution >= 0.6 is 0 Å². The van der Waals surface area contributed by atoms with Crippen molar-refractivity contribution in [2.45, 2.75) is 19.8 Å². The van der Waals surface area contributed by atoms with Gasteiger partial charge in [-0.15, -0.1) is 0 Å². The van der Waals surface area contributed by atoms with Crippen molar-refractivity contribution in [1.29, 1.82) is 0 Å². The van der Waals surface area contributed by atoms with Crippen LogP contribution in [0.2, 0.25) is 0 Å². The molecule has 0 atom stereocenters. The number of nitrogens with zero attached hydrogens (tertiary/aromatic N) is 1. The van der Waals surface area contributed by atoms with E-state index in [2.05, 4.69) is 17.9 Å². The van der Waals surface area contributed by atoms with Crippen LogP contribution in [0.5, 0.6) is 5.75 Å². The number of anilines is 1. The van der Waals surface area contributed by atoms with E-state index in [1.807, 2.05) is 6.07 Å². The third kappa shape index (κ3) is 1.37. The van der Waals surface area contributed by atoms with Gasteiger partial charge in [0.05, 0.1) is 5.69 Å². The van der Waals surface area contributed by atoms with Gasteiger partial charge in [0.1, 0.15) is 5.75 Å². The molecule has 0 unspecified atom stereocenters. The number of phenols is 1. The number of hydrogen-bond acceptors (Lipinski definition) is 2. The smallest absolute Gasteiger partial charge is 0.139 e. The summed E-state index contributed by atoms with van der Waals surface area (Å²) in [6.45, 7) is 4.17. The van der Waals surface area contributed by atoms with Gasteiger partial charge in [-0.2, -0.15) is 0 Å². The average molecular weight is 177 g/mol. The molecule has 0 aromatic heterocycles. The molecule has 1 aliphatic heterocycles. The number of aromatic hydroxyl groups is 1. The highest BCUT2D eigenvalue weighted by molar-refractivity contribution is 5.64. The maximum atomic E-state index is 9.72. The zero-order chi connectivity index (χ0) is 9.26. The van der Waals surface area contributed by atoms with Gasteiger partial charge in [0.15, 0.2) is 0 Å². The highest BCUT2D eigenvalue weighted by Gasteiger charge is 2.17. The lowest BCUT2D eigenvalue weighted by molar-refractivity contribution is 0.471. The fraction of sp³-hybridized carbons (Fsp3) is 0.455. The Balaban J connectivity index is 2.47. The Morgan fingerprint density at radius 2 is 2.31 bits per heavy atom. The van der Waals surface area contributed by atoms with Crippen molar-refractivity contribution in [3.8, 4) is 5.75 Å². The summed E-state index contributed by atoms with van der Waals surface area (Å²) >= 11 is 0. The maximum Gasteiger partial charge on any atom is 0.139 e. The van der Waals surface area contributed by atoms with Crippen molar-refractivity contribution in [3.63, 3.8) is 0 Å². The van der Waals surface area contributed by atoms with E-state index in [4.69, 9.17) is 0 Å². The Hall–Kier alpha value is -1.18. The fourth-order valence-electron chi connectivity index (χ4n) is 2.03. The van der Waals surface area contributed by atoms with Crippen molar-refractivity contribution in [2.24, 2.45) is 0 Å². The van der Waals surface area contributed by atoms with Gasteiger partial charge < -0.3 is 10.0 Å². The van der Waals surface area contributed by atoms with Crippen LogP contribution in [0.25, 0.3) is 0 Å². The molecule has 70 valence electrons. The zero-order valence-electron chi connectivity index (χ0n) is 7.95. The number of para-hydroxylation sites is 1. The summed E-state index contributed by atoms with van der Waals surface area (Å²) < 4.78 is 0. The van der Waals surface area contributed by atoms with E-state index < -0.39 is 0 Å². The van der Waals surface area contributed by atoms with E-state index >= 15 is 0 Å². The molecule has 0 fully saturated rings. The van der Waals surface area contributed by atoms with Crippen LogP contribution in [0.4, 0.5) is 5.69 Å². The van der Waals surface area contributed by atoms with E-state index in [9.17, 15) is 5.11 Å². The van der Waals surface area contributed by atoms with Gasteiger partial charge >= 0.3 is 0 Å². The minimum Gasteiger partial charge on any atom is -0.506 e. The molecule has 1 heterocycles. The Labute approximate surface area is 78.8 Å². The first-order chi connectivity index (χ1) is 6.33. The molecule has 1 N–H and O–H groups in total. The quantitative estimate of drug-likeness (QED) is 0.710. The minimum atomic E-state index is 0.430. The van der Waals surface area contributed by atoms with Crippen LogP contribution in [-0.2, 0) is 6.42 Å².